The number of halogens is 6. The molecule has 0 radical (unpaired) electrons. The second-order valence-electron chi connectivity index (χ2n) is 4.18. The van der Waals surface area contributed by atoms with E-state index in [4.69, 9.17) is 39.9 Å². The van der Waals surface area contributed by atoms with Crippen molar-refractivity contribution in [1.82, 2.24) is 4.98 Å². The maximum atomic E-state index is 12.8. The van der Waals surface area contributed by atoms with Gasteiger partial charge in [-0.15, -0.1) is 0 Å². The van der Waals surface area contributed by atoms with Crippen molar-refractivity contribution in [3.8, 4) is 11.3 Å². The van der Waals surface area contributed by atoms with Gasteiger partial charge < -0.3 is 5.11 Å². The highest BCUT2D eigenvalue weighted by Gasteiger charge is 2.34. The topological polar surface area (TPSA) is 50.2 Å². The molecule has 0 saturated carbocycles. The van der Waals surface area contributed by atoms with E-state index in [1.54, 1.807) is 0 Å². The van der Waals surface area contributed by atoms with E-state index in [2.05, 4.69) is 4.98 Å². The lowest BCUT2D eigenvalue weighted by atomic mass is 10.1. The van der Waals surface area contributed by atoms with E-state index in [-0.39, 0.29) is 26.3 Å². The Morgan fingerprint density at radius 1 is 1.00 bits per heavy atom. The molecule has 0 spiro atoms. The Kier molecular flexibility index (Phi) is 4.56. The van der Waals surface area contributed by atoms with E-state index in [9.17, 15) is 18.0 Å². The molecule has 0 fully saturated rings. The van der Waals surface area contributed by atoms with Crippen molar-refractivity contribution in [2.75, 3.05) is 0 Å². The number of benzene rings is 1. The van der Waals surface area contributed by atoms with Gasteiger partial charge in [-0.3, -0.25) is 0 Å². The van der Waals surface area contributed by atoms with Crippen molar-refractivity contribution < 1.29 is 23.1 Å². The van der Waals surface area contributed by atoms with Gasteiger partial charge in [-0.2, -0.15) is 13.2 Å². The number of alkyl halides is 3. The van der Waals surface area contributed by atoms with E-state index >= 15 is 0 Å². The fourth-order valence-electron chi connectivity index (χ4n) is 1.66. The summed E-state index contributed by atoms with van der Waals surface area (Å²) in [6.07, 6.45) is -4.80. The fourth-order valence-corrected chi connectivity index (χ4v) is 2.30. The van der Waals surface area contributed by atoms with Crippen LogP contribution in [0.1, 0.15) is 16.1 Å². The monoisotopic (exact) mass is 369 g/mol. The largest absolute Gasteiger partial charge is 0.478 e. The molecular weight excluding hydrogens is 366 g/mol. The molecule has 2 rings (SSSR count). The normalized spacial score (nSPS) is 11.5. The number of carbonyl (C=O) groups is 1. The first-order valence-electron chi connectivity index (χ1n) is 5.57. The molecule has 1 aromatic carbocycles. The molecule has 1 heterocycles. The Bertz CT molecular complexity index is 763. The lowest BCUT2D eigenvalue weighted by Gasteiger charge is -2.11. The van der Waals surface area contributed by atoms with E-state index < -0.39 is 23.4 Å². The molecule has 0 aliphatic carbocycles. The quantitative estimate of drug-likeness (QED) is 0.718. The van der Waals surface area contributed by atoms with Gasteiger partial charge in [0.2, 0.25) is 0 Å². The summed E-state index contributed by atoms with van der Waals surface area (Å²) >= 11 is 17.5. The van der Waals surface area contributed by atoms with Crippen molar-refractivity contribution in [1.29, 1.82) is 0 Å². The van der Waals surface area contributed by atoms with Crippen LogP contribution >= 0.6 is 34.8 Å². The van der Waals surface area contributed by atoms with Crippen molar-refractivity contribution in [2.45, 2.75) is 6.18 Å². The van der Waals surface area contributed by atoms with E-state index in [1.807, 2.05) is 0 Å². The molecule has 3 nitrogen and oxygen atoms in total. The summed E-state index contributed by atoms with van der Waals surface area (Å²) in [5.74, 6) is -1.52. The molecule has 1 aromatic heterocycles. The molecule has 22 heavy (non-hydrogen) atoms. The number of aromatic carboxylic acids is 1. The third-order valence-electron chi connectivity index (χ3n) is 2.65. The minimum absolute atomic E-state index is 0.00226. The van der Waals surface area contributed by atoms with Crippen LogP contribution in [0.2, 0.25) is 15.1 Å². The Morgan fingerprint density at radius 2 is 1.59 bits per heavy atom. The van der Waals surface area contributed by atoms with Gasteiger partial charge in [0.05, 0.1) is 26.3 Å². The lowest BCUT2D eigenvalue weighted by Crippen LogP contribution is -2.11. The molecule has 0 bridgehead atoms. The predicted molar refractivity (Wildman–Crippen MR) is 76.7 cm³/mol. The third kappa shape index (κ3) is 3.45. The molecule has 0 amide bonds. The number of nitrogens with zero attached hydrogens (tertiary/aromatic N) is 1. The lowest BCUT2D eigenvalue weighted by molar-refractivity contribution is -0.141. The summed E-state index contributed by atoms with van der Waals surface area (Å²) in [4.78, 5) is 14.4. The zero-order valence-electron chi connectivity index (χ0n) is 10.4. The average molecular weight is 371 g/mol. The number of rotatable bonds is 2. The van der Waals surface area contributed by atoms with Crippen LogP contribution in [-0.2, 0) is 6.18 Å². The Balaban J connectivity index is 2.72. The maximum Gasteiger partial charge on any atom is 0.433 e. The van der Waals surface area contributed by atoms with Crippen LogP contribution in [0, 0.1) is 0 Å². The number of carboxylic acid groups (broad SMARTS) is 1. The molecule has 116 valence electrons. The standard InChI is InChI=1S/C13H5Cl3F3NO2/c14-7-4-9(16)8(15)3-6(7)10-1-5(12(21)22)2-11(20-10)13(17,18)19/h1-4H,(H,21,22). The summed E-state index contributed by atoms with van der Waals surface area (Å²) in [5, 5.41) is 9.10. The molecule has 2 aromatic rings. The van der Waals surface area contributed by atoms with Gasteiger partial charge >= 0.3 is 12.1 Å². The SMILES string of the molecule is O=C(O)c1cc(-c2cc(Cl)c(Cl)cc2Cl)nc(C(F)(F)F)c1. The van der Waals surface area contributed by atoms with Crippen molar-refractivity contribution in [3.05, 3.63) is 50.6 Å². The highest BCUT2D eigenvalue weighted by Crippen LogP contribution is 2.36. The third-order valence-corrected chi connectivity index (χ3v) is 3.68. The van der Waals surface area contributed by atoms with Crippen LogP contribution in [0.4, 0.5) is 13.2 Å². The van der Waals surface area contributed by atoms with Crippen molar-refractivity contribution >= 4 is 40.8 Å². The van der Waals surface area contributed by atoms with Gasteiger partial charge in [0.15, 0.2) is 0 Å². The summed E-state index contributed by atoms with van der Waals surface area (Å²) < 4.78 is 38.5. The first-order chi connectivity index (χ1) is 10.1. The number of carboxylic acids is 1. The van der Waals surface area contributed by atoms with Crippen molar-refractivity contribution in [2.24, 2.45) is 0 Å². The first kappa shape index (κ1) is 16.9. The van der Waals surface area contributed by atoms with Crippen molar-refractivity contribution in [3.63, 3.8) is 0 Å². The Morgan fingerprint density at radius 3 is 2.14 bits per heavy atom. The van der Waals surface area contributed by atoms with Gasteiger partial charge in [-0.25, -0.2) is 9.78 Å². The summed E-state index contributed by atoms with van der Waals surface area (Å²) in [6.45, 7) is 0. The number of pyridine rings is 1. The summed E-state index contributed by atoms with van der Waals surface area (Å²) in [7, 11) is 0. The highest BCUT2D eigenvalue weighted by molar-refractivity contribution is 6.44. The molecule has 0 aliphatic rings. The zero-order chi connectivity index (χ0) is 16.7. The molecule has 0 aliphatic heterocycles. The van der Waals surface area contributed by atoms with Gasteiger partial charge in [0.25, 0.3) is 0 Å². The predicted octanol–water partition coefficient (Wildman–Crippen LogP) is 5.43. The second kappa shape index (κ2) is 5.95. The summed E-state index contributed by atoms with van der Waals surface area (Å²) in [6, 6.07) is 3.88. The minimum atomic E-state index is -4.80. The Labute approximate surface area is 137 Å². The smallest absolute Gasteiger partial charge is 0.433 e. The van der Waals surface area contributed by atoms with Crippen LogP contribution in [-0.4, -0.2) is 16.1 Å². The van der Waals surface area contributed by atoms with E-state index in [1.165, 1.54) is 12.1 Å². The van der Waals surface area contributed by atoms with Gasteiger partial charge in [0.1, 0.15) is 5.69 Å². The first-order valence-corrected chi connectivity index (χ1v) is 6.70. The molecule has 0 unspecified atom stereocenters. The fraction of sp³-hybridized carbons (Fsp3) is 0.0769. The minimum Gasteiger partial charge on any atom is -0.478 e. The number of aromatic nitrogens is 1. The highest BCUT2D eigenvalue weighted by atomic mass is 35.5. The van der Waals surface area contributed by atoms with Crippen LogP contribution in [0.5, 0.6) is 0 Å². The van der Waals surface area contributed by atoms with Crippen LogP contribution in [0.25, 0.3) is 11.3 Å². The Hall–Kier alpha value is -1.50. The molecule has 9 heteroatoms. The van der Waals surface area contributed by atoms with Crippen LogP contribution in [0.15, 0.2) is 24.3 Å². The second-order valence-corrected chi connectivity index (χ2v) is 5.40. The van der Waals surface area contributed by atoms with Crippen LogP contribution < -0.4 is 0 Å². The summed E-state index contributed by atoms with van der Waals surface area (Å²) in [5.41, 5.74) is -2.13. The van der Waals surface area contributed by atoms with Gasteiger partial charge in [-0.05, 0) is 24.3 Å². The molecular formula is C13H5Cl3F3NO2. The molecule has 0 saturated heterocycles. The average Bonchev–Trinajstić information content (AvgIpc) is 2.41. The van der Waals surface area contributed by atoms with E-state index in [0.717, 1.165) is 6.07 Å². The maximum absolute atomic E-state index is 12.8. The van der Waals surface area contributed by atoms with Gasteiger partial charge in [0, 0.05) is 5.56 Å². The number of hydrogen-bond donors (Lipinski definition) is 1. The van der Waals surface area contributed by atoms with E-state index in [0.29, 0.717) is 6.07 Å². The molecule has 1 N–H and O–H groups in total. The van der Waals surface area contributed by atoms with Gasteiger partial charge in [-0.1, -0.05) is 34.8 Å². The zero-order valence-corrected chi connectivity index (χ0v) is 12.6. The number of hydrogen-bond acceptors (Lipinski definition) is 2. The van der Waals surface area contributed by atoms with Crippen LogP contribution in [0.3, 0.4) is 0 Å². The molecule has 0 atom stereocenters.